The van der Waals surface area contributed by atoms with E-state index in [2.05, 4.69) is 14.9 Å². The number of hydrogen-bond donors (Lipinski definition) is 1. The molecule has 0 saturated heterocycles. The van der Waals surface area contributed by atoms with Crippen LogP contribution in [0.1, 0.15) is 0 Å². The second-order valence-electron chi connectivity index (χ2n) is 8.07. The van der Waals surface area contributed by atoms with Gasteiger partial charge in [-0.3, -0.25) is 4.72 Å². The van der Waals surface area contributed by atoms with Crippen LogP contribution in [0.4, 0.5) is 5.69 Å². The first-order valence-electron chi connectivity index (χ1n) is 11.1. The van der Waals surface area contributed by atoms with Gasteiger partial charge >= 0.3 is 0 Å². The Hall–Kier alpha value is -4.34. The van der Waals surface area contributed by atoms with E-state index in [1.807, 2.05) is 78.2 Å². The number of fused-ring (bicyclic) bond motifs is 1. The van der Waals surface area contributed by atoms with Gasteiger partial charge < -0.3 is 0 Å². The molecule has 0 radical (unpaired) electrons. The lowest BCUT2D eigenvalue weighted by Crippen LogP contribution is -2.12. The topological polar surface area (TPSA) is 89.2 Å². The molecule has 6 rings (SSSR count). The average molecular weight is 510 g/mol. The Morgan fingerprint density at radius 1 is 0.722 bits per heavy atom. The quantitative estimate of drug-likeness (QED) is 0.298. The summed E-state index contributed by atoms with van der Waals surface area (Å²) in [7, 11) is -3.77. The number of thiophene rings is 1. The predicted molar refractivity (Wildman–Crippen MR) is 142 cm³/mol. The van der Waals surface area contributed by atoms with Crippen LogP contribution in [0.3, 0.4) is 0 Å². The largest absolute Gasteiger partial charge is 0.280 e. The fourth-order valence-electron chi connectivity index (χ4n) is 3.92. The van der Waals surface area contributed by atoms with Gasteiger partial charge in [-0.2, -0.15) is 9.61 Å². The van der Waals surface area contributed by atoms with Crippen molar-refractivity contribution in [2.24, 2.45) is 0 Å². The monoisotopic (exact) mass is 509 g/mol. The molecule has 0 unspecified atom stereocenters. The van der Waals surface area contributed by atoms with E-state index in [1.165, 1.54) is 0 Å². The van der Waals surface area contributed by atoms with Gasteiger partial charge in [0.2, 0.25) is 0 Å². The van der Waals surface area contributed by atoms with Gasteiger partial charge in [0, 0.05) is 11.3 Å². The van der Waals surface area contributed by atoms with Crippen molar-refractivity contribution in [3.63, 3.8) is 0 Å². The molecule has 1 N–H and O–H groups in total. The standard InChI is InChI=1S/C27H19N5O2S2/c33-36(34,23-13-11-20(12-14-23)19-6-2-1-3-7-19)31-22-9-4-8-21(18-22)24-15-16-26-28-29-27(32(26)30-24)25-10-5-17-35-25/h1-18,31H. The SMILES string of the molecule is O=S(=O)(Nc1cccc(-c2ccc3nnc(-c4cccs4)n3n2)c1)c1ccc(-c2ccccc2)cc1. The molecule has 6 aromatic rings. The summed E-state index contributed by atoms with van der Waals surface area (Å²) in [5.41, 5.74) is 4.51. The molecule has 0 fully saturated rings. The highest BCUT2D eigenvalue weighted by molar-refractivity contribution is 7.92. The average Bonchev–Trinajstić information content (AvgIpc) is 3.59. The van der Waals surface area contributed by atoms with Gasteiger partial charge in [-0.15, -0.1) is 21.5 Å². The number of nitrogens with one attached hydrogen (secondary N) is 1. The first kappa shape index (κ1) is 22.1. The van der Waals surface area contributed by atoms with Crippen LogP contribution in [-0.2, 0) is 10.0 Å². The maximum atomic E-state index is 13.1. The molecule has 0 atom stereocenters. The number of sulfonamides is 1. The number of hydrogen-bond acceptors (Lipinski definition) is 6. The molecule has 3 aromatic carbocycles. The van der Waals surface area contributed by atoms with Crippen molar-refractivity contribution in [2.45, 2.75) is 4.90 Å². The number of rotatable bonds is 6. The van der Waals surface area contributed by atoms with Crippen LogP contribution in [0.2, 0.25) is 0 Å². The Kier molecular flexibility index (Phi) is 5.55. The Balaban J connectivity index is 1.28. The second-order valence-corrected chi connectivity index (χ2v) is 10.7. The molecule has 7 nitrogen and oxygen atoms in total. The molecule has 0 saturated carbocycles. The Morgan fingerprint density at radius 2 is 1.50 bits per heavy atom. The highest BCUT2D eigenvalue weighted by atomic mass is 32.2. The van der Waals surface area contributed by atoms with Crippen molar-refractivity contribution in [3.8, 4) is 33.1 Å². The molecule has 3 aromatic heterocycles. The fraction of sp³-hybridized carbons (Fsp3) is 0. The molecule has 9 heteroatoms. The minimum atomic E-state index is -3.77. The Morgan fingerprint density at radius 3 is 2.28 bits per heavy atom. The normalized spacial score (nSPS) is 11.6. The van der Waals surface area contributed by atoms with E-state index in [4.69, 9.17) is 5.10 Å². The van der Waals surface area contributed by atoms with Gasteiger partial charge in [0.05, 0.1) is 15.5 Å². The van der Waals surface area contributed by atoms with Crippen LogP contribution in [-0.4, -0.2) is 28.2 Å². The molecule has 3 heterocycles. The summed E-state index contributed by atoms with van der Waals surface area (Å²) < 4.78 is 30.5. The zero-order valence-electron chi connectivity index (χ0n) is 18.8. The smallest absolute Gasteiger partial charge is 0.261 e. The number of nitrogens with zero attached hydrogens (tertiary/aromatic N) is 4. The molecular formula is C27H19N5O2S2. The maximum absolute atomic E-state index is 13.1. The Labute approximate surface area is 211 Å². The van der Waals surface area contributed by atoms with Crippen molar-refractivity contribution in [3.05, 3.63) is 109 Å². The number of aromatic nitrogens is 4. The van der Waals surface area contributed by atoms with Crippen molar-refractivity contribution >= 4 is 32.7 Å². The minimum absolute atomic E-state index is 0.192. The molecule has 0 aliphatic heterocycles. The third-order valence-electron chi connectivity index (χ3n) is 5.69. The highest BCUT2D eigenvalue weighted by Crippen LogP contribution is 2.27. The minimum Gasteiger partial charge on any atom is -0.280 e. The van der Waals surface area contributed by atoms with Crippen LogP contribution >= 0.6 is 11.3 Å². The molecular weight excluding hydrogens is 490 g/mol. The summed E-state index contributed by atoms with van der Waals surface area (Å²) in [6.45, 7) is 0. The van der Waals surface area contributed by atoms with Gasteiger partial charge in [-0.05, 0) is 59.0 Å². The summed E-state index contributed by atoms with van der Waals surface area (Å²) >= 11 is 1.56. The van der Waals surface area contributed by atoms with Gasteiger partial charge in [0.15, 0.2) is 11.5 Å². The fourth-order valence-corrected chi connectivity index (χ4v) is 5.66. The number of anilines is 1. The molecule has 0 amide bonds. The molecule has 0 bridgehead atoms. The van der Waals surface area contributed by atoms with Crippen molar-refractivity contribution in [1.29, 1.82) is 0 Å². The second kappa shape index (κ2) is 9.03. The van der Waals surface area contributed by atoms with Gasteiger partial charge in [0.1, 0.15) is 0 Å². The van der Waals surface area contributed by atoms with E-state index >= 15 is 0 Å². The Bertz CT molecular complexity index is 1760. The van der Waals surface area contributed by atoms with Crippen molar-refractivity contribution in [2.75, 3.05) is 4.72 Å². The molecule has 0 aliphatic carbocycles. The van der Waals surface area contributed by atoms with Crippen molar-refractivity contribution < 1.29 is 8.42 Å². The first-order chi connectivity index (χ1) is 17.6. The van der Waals surface area contributed by atoms with E-state index in [-0.39, 0.29) is 4.90 Å². The maximum Gasteiger partial charge on any atom is 0.261 e. The van der Waals surface area contributed by atoms with Crippen LogP contribution in [0.5, 0.6) is 0 Å². The van der Waals surface area contributed by atoms with Crippen LogP contribution in [0, 0.1) is 0 Å². The zero-order valence-corrected chi connectivity index (χ0v) is 20.4. The van der Waals surface area contributed by atoms with Crippen LogP contribution < -0.4 is 4.72 Å². The highest BCUT2D eigenvalue weighted by Gasteiger charge is 2.16. The van der Waals surface area contributed by atoms with Crippen molar-refractivity contribution in [1.82, 2.24) is 19.8 Å². The molecule has 176 valence electrons. The summed E-state index contributed by atoms with van der Waals surface area (Å²) in [5.74, 6) is 0.664. The van der Waals surface area contributed by atoms with Crippen LogP contribution in [0.15, 0.2) is 113 Å². The first-order valence-corrected chi connectivity index (χ1v) is 13.5. The third kappa shape index (κ3) is 4.26. The lowest BCUT2D eigenvalue weighted by atomic mass is 10.1. The van der Waals surface area contributed by atoms with Gasteiger partial charge in [-0.25, -0.2) is 8.42 Å². The van der Waals surface area contributed by atoms with E-state index in [0.717, 1.165) is 21.6 Å². The van der Waals surface area contributed by atoms with Gasteiger partial charge in [-0.1, -0.05) is 60.7 Å². The van der Waals surface area contributed by atoms with E-state index in [0.29, 0.717) is 22.9 Å². The molecule has 36 heavy (non-hydrogen) atoms. The molecule has 0 spiro atoms. The lowest BCUT2D eigenvalue weighted by Gasteiger charge is -2.10. The summed E-state index contributed by atoms with van der Waals surface area (Å²) in [4.78, 5) is 1.16. The summed E-state index contributed by atoms with van der Waals surface area (Å²) in [6, 6.07) is 31.4. The van der Waals surface area contributed by atoms with E-state index in [9.17, 15) is 8.42 Å². The summed E-state index contributed by atoms with van der Waals surface area (Å²) in [5, 5.41) is 15.2. The summed E-state index contributed by atoms with van der Waals surface area (Å²) in [6.07, 6.45) is 0. The van der Waals surface area contributed by atoms with E-state index < -0.39 is 10.0 Å². The predicted octanol–water partition coefficient (Wildman–Crippen LogP) is 5.99. The lowest BCUT2D eigenvalue weighted by molar-refractivity contribution is 0.601. The number of benzene rings is 3. The van der Waals surface area contributed by atoms with Crippen LogP contribution in [0.25, 0.3) is 38.7 Å². The van der Waals surface area contributed by atoms with Gasteiger partial charge in [0.25, 0.3) is 10.0 Å². The van der Waals surface area contributed by atoms with E-state index in [1.54, 1.807) is 46.2 Å². The molecule has 0 aliphatic rings. The zero-order chi connectivity index (χ0) is 24.5. The third-order valence-corrected chi connectivity index (χ3v) is 7.95.